The van der Waals surface area contributed by atoms with E-state index in [1.165, 1.54) is 0 Å². The fraction of sp³-hybridized carbons (Fsp3) is 0.526. The number of aromatic nitrogens is 3. The summed E-state index contributed by atoms with van der Waals surface area (Å²) in [5.41, 5.74) is 1.92. The molecule has 132 valence electrons. The van der Waals surface area contributed by atoms with Gasteiger partial charge in [-0.15, -0.1) is 0 Å². The summed E-state index contributed by atoms with van der Waals surface area (Å²) in [5.74, 6) is 1.82. The molecule has 0 aromatic carbocycles. The highest BCUT2D eigenvalue weighted by Crippen LogP contribution is 2.33. The molecule has 4 rings (SSSR count). The van der Waals surface area contributed by atoms with Crippen LogP contribution < -0.4 is 4.90 Å². The lowest BCUT2D eigenvalue weighted by molar-refractivity contribution is -0.0438. The maximum absolute atomic E-state index is 10.4. The van der Waals surface area contributed by atoms with E-state index < -0.39 is 0 Å². The Hall–Kier alpha value is -2.05. The van der Waals surface area contributed by atoms with Crippen molar-refractivity contribution in [2.75, 3.05) is 24.7 Å². The summed E-state index contributed by atoms with van der Waals surface area (Å²) in [5, 5.41) is 10.4. The molecular formula is C19H24N4O2. The zero-order valence-electron chi connectivity index (χ0n) is 14.5. The number of rotatable bonds is 3. The quantitative estimate of drug-likeness (QED) is 0.924. The highest BCUT2D eigenvalue weighted by atomic mass is 16.5. The summed E-state index contributed by atoms with van der Waals surface area (Å²) in [6, 6.07) is 6.17. The highest BCUT2D eigenvalue weighted by Gasteiger charge is 2.38. The first-order valence-corrected chi connectivity index (χ1v) is 9.01. The van der Waals surface area contributed by atoms with Crippen LogP contribution in [0.15, 0.2) is 30.6 Å². The molecule has 3 atom stereocenters. The number of ether oxygens (including phenoxy) is 1. The van der Waals surface area contributed by atoms with Crippen molar-refractivity contribution in [3.63, 3.8) is 0 Å². The van der Waals surface area contributed by atoms with Crippen LogP contribution in [-0.2, 0) is 4.74 Å². The third-order valence-corrected chi connectivity index (χ3v) is 5.23. The molecule has 2 aromatic rings. The van der Waals surface area contributed by atoms with E-state index in [4.69, 9.17) is 9.72 Å². The average Bonchev–Trinajstić information content (AvgIpc) is 3.12. The van der Waals surface area contributed by atoms with Crippen LogP contribution in [-0.4, -0.2) is 52.0 Å². The van der Waals surface area contributed by atoms with Gasteiger partial charge in [0.25, 0.3) is 0 Å². The molecule has 0 bridgehead atoms. The Morgan fingerprint density at radius 1 is 1.20 bits per heavy atom. The molecule has 0 saturated carbocycles. The van der Waals surface area contributed by atoms with Gasteiger partial charge in [-0.05, 0) is 38.3 Å². The van der Waals surface area contributed by atoms with Crippen molar-refractivity contribution in [1.29, 1.82) is 0 Å². The van der Waals surface area contributed by atoms with Crippen molar-refractivity contribution in [3.05, 3.63) is 36.3 Å². The van der Waals surface area contributed by atoms with Gasteiger partial charge in [0.2, 0.25) is 0 Å². The van der Waals surface area contributed by atoms with Gasteiger partial charge in [-0.3, -0.25) is 4.98 Å². The van der Waals surface area contributed by atoms with Crippen LogP contribution >= 0.6 is 0 Å². The maximum atomic E-state index is 10.4. The van der Waals surface area contributed by atoms with Gasteiger partial charge in [0.05, 0.1) is 12.7 Å². The molecule has 0 radical (unpaired) electrons. The Balaban J connectivity index is 1.65. The summed E-state index contributed by atoms with van der Waals surface area (Å²) in [6.45, 7) is 4.24. The molecule has 0 spiro atoms. The van der Waals surface area contributed by atoms with E-state index in [0.29, 0.717) is 13.2 Å². The van der Waals surface area contributed by atoms with Crippen molar-refractivity contribution in [2.24, 2.45) is 5.92 Å². The molecule has 2 aliphatic rings. The van der Waals surface area contributed by atoms with E-state index in [0.717, 1.165) is 48.7 Å². The molecule has 4 heterocycles. The number of hydrogen-bond acceptors (Lipinski definition) is 6. The zero-order chi connectivity index (χ0) is 17.2. The van der Waals surface area contributed by atoms with E-state index in [-0.39, 0.29) is 18.1 Å². The maximum Gasteiger partial charge on any atom is 0.161 e. The van der Waals surface area contributed by atoms with Gasteiger partial charge >= 0.3 is 0 Å². The predicted molar refractivity (Wildman–Crippen MR) is 95.3 cm³/mol. The van der Waals surface area contributed by atoms with Gasteiger partial charge in [-0.1, -0.05) is 0 Å². The smallest absolute Gasteiger partial charge is 0.161 e. The van der Waals surface area contributed by atoms with Crippen LogP contribution in [0.1, 0.15) is 25.0 Å². The van der Waals surface area contributed by atoms with Gasteiger partial charge in [-0.2, -0.15) is 0 Å². The monoisotopic (exact) mass is 340 g/mol. The van der Waals surface area contributed by atoms with Gasteiger partial charge in [-0.25, -0.2) is 9.97 Å². The van der Waals surface area contributed by atoms with Crippen LogP contribution in [0.3, 0.4) is 0 Å². The average molecular weight is 340 g/mol. The van der Waals surface area contributed by atoms with E-state index in [1.54, 1.807) is 12.4 Å². The lowest BCUT2D eigenvalue weighted by Gasteiger charge is -2.37. The number of aryl methyl sites for hydroxylation is 1. The molecule has 6 heteroatoms. The first-order chi connectivity index (χ1) is 12.2. The number of anilines is 1. The predicted octanol–water partition coefficient (Wildman–Crippen LogP) is 2.21. The first kappa shape index (κ1) is 16.4. The Kier molecular flexibility index (Phi) is 4.63. The third-order valence-electron chi connectivity index (χ3n) is 5.23. The lowest BCUT2D eigenvalue weighted by Crippen LogP contribution is -2.46. The van der Waals surface area contributed by atoms with E-state index >= 15 is 0 Å². The fourth-order valence-electron chi connectivity index (χ4n) is 3.97. The molecule has 2 aromatic heterocycles. The Labute approximate surface area is 147 Å². The standard InChI is InChI=1S/C19H24N4O2/c1-13-11-18(22-19(21-13)14-4-7-20-8-5-14)23-9-2-3-16(23)15-12-25-10-6-17(15)24/h4-5,7-8,11,15-17,24H,2-3,6,9-10,12H2,1H3/t15-,16-,17-/m1/s1. The van der Waals surface area contributed by atoms with E-state index in [1.807, 2.05) is 25.1 Å². The van der Waals surface area contributed by atoms with Crippen molar-refractivity contribution in [1.82, 2.24) is 15.0 Å². The summed E-state index contributed by atoms with van der Waals surface area (Å²) in [6.07, 6.45) is 6.13. The van der Waals surface area contributed by atoms with Gasteiger partial charge in [0.1, 0.15) is 5.82 Å². The second-order valence-corrected chi connectivity index (χ2v) is 6.92. The minimum atomic E-state index is -0.290. The Morgan fingerprint density at radius 2 is 2.04 bits per heavy atom. The minimum absolute atomic E-state index is 0.149. The van der Waals surface area contributed by atoms with Crippen molar-refractivity contribution < 1.29 is 9.84 Å². The van der Waals surface area contributed by atoms with Crippen LogP contribution in [0.25, 0.3) is 11.4 Å². The summed E-state index contributed by atoms with van der Waals surface area (Å²) in [4.78, 5) is 15.8. The summed E-state index contributed by atoms with van der Waals surface area (Å²) >= 11 is 0. The zero-order valence-corrected chi connectivity index (χ0v) is 14.5. The topological polar surface area (TPSA) is 71.4 Å². The van der Waals surface area contributed by atoms with Crippen molar-refractivity contribution in [3.8, 4) is 11.4 Å². The molecule has 6 nitrogen and oxygen atoms in total. The van der Waals surface area contributed by atoms with Gasteiger partial charge in [0.15, 0.2) is 5.82 Å². The van der Waals surface area contributed by atoms with Crippen LogP contribution in [0.2, 0.25) is 0 Å². The largest absolute Gasteiger partial charge is 0.393 e. The molecule has 2 aliphatic heterocycles. The third kappa shape index (κ3) is 3.37. The SMILES string of the molecule is Cc1cc(N2CCC[C@@H]2[C@H]2COCC[C@H]2O)nc(-c2ccncc2)n1. The minimum Gasteiger partial charge on any atom is -0.393 e. The van der Waals surface area contributed by atoms with Crippen LogP contribution in [0.4, 0.5) is 5.82 Å². The summed E-state index contributed by atoms with van der Waals surface area (Å²) in [7, 11) is 0. The second-order valence-electron chi connectivity index (χ2n) is 6.92. The lowest BCUT2D eigenvalue weighted by atomic mass is 9.89. The molecule has 25 heavy (non-hydrogen) atoms. The van der Waals surface area contributed by atoms with Crippen LogP contribution in [0, 0.1) is 12.8 Å². The molecule has 0 unspecified atom stereocenters. The molecule has 0 amide bonds. The van der Waals surface area contributed by atoms with E-state index in [2.05, 4.69) is 14.9 Å². The Bertz CT molecular complexity index is 725. The number of nitrogens with zero attached hydrogens (tertiary/aromatic N) is 4. The Morgan fingerprint density at radius 3 is 2.84 bits per heavy atom. The van der Waals surface area contributed by atoms with Gasteiger partial charge < -0.3 is 14.7 Å². The van der Waals surface area contributed by atoms with Crippen LogP contribution in [0.5, 0.6) is 0 Å². The number of aliphatic hydroxyl groups excluding tert-OH is 1. The van der Waals surface area contributed by atoms with Crippen molar-refractivity contribution in [2.45, 2.75) is 38.3 Å². The van der Waals surface area contributed by atoms with E-state index in [9.17, 15) is 5.11 Å². The summed E-state index contributed by atoms with van der Waals surface area (Å²) < 4.78 is 5.64. The van der Waals surface area contributed by atoms with Crippen molar-refractivity contribution >= 4 is 5.82 Å². The van der Waals surface area contributed by atoms with Gasteiger partial charge in [0, 0.05) is 54.8 Å². The molecule has 0 aliphatic carbocycles. The first-order valence-electron chi connectivity index (χ1n) is 9.01. The molecule has 1 N–H and O–H groups in total. The second kappa shape index (κ2) is 7.06. The molecule has 2 fully saturated rings. The number of pyridine rings is 1. The molecular weight excluding hydrogens is 316 g/mol. The number of hydrogen-bond donors (Lipinski definition) is 1. The normalized spacial score (nSPS) is 26.8. The number of aliphatic hydroxyl groups is 1. The highest BCUT2D eigenvalue weighted by molar-refractivity contribution is 5.57. The fourth-order valence-corrected chi connectivity index (χ4v) is 3.97. The molecule has 2 saturated heterocycles.